The van der Waals surface area contributed by atoms with E-state index in [1.165, 1.54) is 12.3 Å². The topological polar surface area (TPSA) is 57.5 Å². The molecule has 0 aliphatic rings. The summed E-state index contributed by atoms with van der Waals surface area (Å²) < 4.78 is 0. The van der Waals surface area contributed by atoms with Crippen LogP contribution < -0.4 is 5.43 Å². The number of phenols is 1. The molecule has 0 unspecified atom stereocenters. The van der Waals surface area contributed by atoms with E-state index in [9.17, 15) is 5.11 Å². The predicted molar refractivity (Wildman–Crippen MR) is 96.1 cm³/mol. The first-order valence-electron chi connectivity index (χ1n) is 6.57. The Hall–Kier alpha value is -2.01. The van der Waals surface area contributed by atoms with E-state index in [-0.39, 0.29) is 21.7 Å². The molecule has 1 aromatic heterocycles. The van der Waals surface area contributed by atoms with E-state index in [0.717, 1.165) is 10.8 Å². The smallest absolute Gasteiger partial charge is 0.166 e. The molecule has 0 fully saturated rings. The van der Waals surface area contributed by atoms with Gasteiger partial charge in [-0.1, -0.05) is 65.1 Å². The van der Waals surface area contributed by atoms with Crippen LogP contribution in [0.1, 0.15) is 5.56 Å². The van der Waals surface area contributed by atoms with Gasteiger partial charge >= 0.3 is 0 Å². The van der Waals surface area contributed by atoms with Crippen molar-refractivity contribution in [2.75, 3.05) is 5.43 Å². The van der Waals surface area contributed by atoms with Gasteiger partial charge in [0.2, 0.25) is 0 Å². The molecule has 0 spiro atoms. The van der Waals surface area contributed by atoms with Crippen LogP contribution in [0.5, 0.6) is 5.75 Å². The molecule has 1 heterocycles. The van der Waals surface area contributed by atoms with Gasteiger partial charge in [0, 0.05) is 5.56 Å². The maximum absolute atomic E-state index is 10.0. The number of pyridine rings is 1. The summed E-state index contributed by atoms with van der Waals surface area (Å²) >= 11 is 17.7. The fourth-order valence-corrected chi connectivity index (χ4v) is 2.64. The number of hydrogen-bond acceptors (Lipinski definition) is 4. The Kier molecular flexibility index (Phi) is 4.57. The molecule has 3 rings (SSSR count). The Bertz CT molecular complexity index is 912. The highest BCUT2D eigenvalue weighted by molar-refractivity contribution is 6.42. The van der Waals surface area contributed by atoms with Crippen molar-refractivity contribution in [2.45, 2.75) is 0 Å². The number of hydrazone groups is 1. The molecule has 0 radical (unpaired) electrons. The van der Waals surface area contributed by atoms with Crippen LogP contribution in [-0.4, -0.2) is 16.3 Å². The van der Waals surface area contributed by atoms with Gasteiger partial charge in [0.25, 0.3) is 0 Å². The summed E-state index contributed by atoms with van der Waals surface area (Å²) in [4.78, 5) is 4.00. The second kappa shape index (κ2) is 6.62. The lowest BCUT2D eigenvalue weighted by Crippen LogP contribution is -1.96. The second-order valence-corrected chi connectivity index (χ2v) is 5.85. The van der Waals surface area contributed by atoms with Crippen molar-refractivity contribution in [1.82, 2.24) is 4.98 Å². The van der Waals surface area contributed by atoms with Crippen LogP contribution in [0.4, 0.5) is 5.82 Å². The molecule has 116 valence electrons. The summed E-state index contributed by atoms with van der Waals surface area (Å²) in [7, 11) is 0. The minimum atomic E-state index is 0.127. The van der Waals surface area contributed by atoms with Gasteiger partial charge in [0.1, 0.15) is 10.9 Å². The van der Waals surface area contributed by atoms with Gasteiger partial charge in [-0.3, -0.25) is 5.43 Å². The van der Waals surface area contributed by atoms with Gasteiger partial charge in [0.05, 0.1) is 16.3 Å². The highest BCUT2D eigenvalue weighted by atomic mass is 35.5. The molecule has 23 heavy (non-hydrogen) atoms. The zero-order chi connectivity index (χ0) is 16.4. The lowest BCUT2D eigenvalue weighted by atomic mass is 10.0. The molecule has 2 aromatic carbocycles. The van der Waals surface area contributed by atoms with Crippen molar-refractivity contribution < 1.29 is 5.11 Å². The van der Waals surface area contributed by atoms with E-state index in [2.05, 4.69) is 15.5 Å². The van der Waals surface area contributed by atoms with Crippen molar-refractivity contribution in [3.63, 3.8) is 0 Å². The molecule has 0 bridgehead atoms. The van der Waals surface area contributed by atoms with Crippen molar-refractivity contribution >= 4 is 57.6 Å². The van der Waals surface area contributed by atoms with E-state index in [1.807, 2.05) is 30.3 Å². The van der Waals surface area contributed by atoms with E-state index < -0.39 is 0 Å². The fourth-order valence-electron chi connectivity index (χ4n) is 2.10. The number of hydrogen-bond donors (Lipinski definition) is 2. The molecule has 2 N–H and O–H groups in total. The first-order chi connectivity index (χ1) is 11.1. The quantitative estimate of drug-likeness (QED) is 0.373. The van der Waals surface area contributed by atoms with Crippen molar-refractivity contribution in [1.29, 1.82) is 0 Å². The lowest BCUT2D eigenvalue weighted by molar-refractivity contribution is 0.475. The standard InChI is InChI=1S/C16H10Cl3N3O/c17-12-7-13(18)16(21-15(12)19)22-20-8-11-10-4-2-1-3-9(10)5-6-14(11)23/h1-8,23H,(H,21,22). The third-order valence-electron chi connectivity index (χ3n) is 3.20. The summed E-state index contributed by atoms with van der Waals surface area (Å²) in [6.07, 6.45) is 1.50. The summed E-state index contributed by atoms with van der Waals surface area (Å²) in [5.41, 5.74) is 3.28. The molecular formula is C16H10Cl3N3O. The Labute approximate surface area is 147 Å². The first-order valence-corrected chi connectivity index (χ1v) is 7.71. The minimum absolute atomic E-state index is 0.127. The summed E-state index contributed by atoms with van der Waals surface area (Å²) in [5, 5.41) is 16.7. The fraction of sp³-hybridized carbons (Fsp3) is 0. The average molecular weight is 367 g/mol. The number of aromatic nitrogens is 1. The highest BCUT2D eigenvalue weighted by Gasteiger charge is 2.07. The third kappa shape index (κ3) is 3.34. The summed E-state index contributed by atoms with van der Waals surface area (Å²) in [6.45, 7) is 0. The number of nitrogens with zero attached hydrogens (tertiary/aromatic N) is 2. The maximum atomic E-state index is 10.0. The molecule has 0 atom stereocenters. The lowest BCUT2D eigenvalue weighted by Gasteiger charge is -2.06. The van der Waals surface area contributed by atoms with Crippen molar-refractivity contribution in [3.05, 3.63) is 63.2 Å². The number of anilines is 1. The number of nitrogens with one attached hydrogen (secondary N) is 1. The summed E-state index contributed by atoms with van der Waals surface area (Å²) in [6, 6.07) is 12.6. The Morgan fingerprint density at radius 3 is 2.65 bits per heavy atom. The number of aromatic hydroxyl groups is 1. The van der Waals surface area contributed by atoms with Crippen LogP contribution in [0.3, 0.4) is 0 Å². The van der Waals surface area contributed by atoms with E-state index in [0.29, 0.717) is 10.6 Å². The molecule has 4 nitrogen and oxygen atoms in total. The Morgan fingerprint density at radius 2 is 1.83 bits per heavy atom. The number of phenolic OH excluding ortho intramolecular Hbond substituents is 1. The molecular weight excluding hydrogens is 357 g/mol. The molecule has 3 aromatic rings. The van der Waals surface area contributed by atoms with Gasteiger partial charge in [0.15, 0.2) is 5.82 Å². The molecule has 7 heteroatoms. The number of benzene rings is 2. The first kappa shape index (κ1) is 15.9. The van der Waals surface area contributed by atoms with Crippen LogP contribution in [0, 0.1) is 0 Å². The molecule has 0 amide bonds. The SMILES string of the molecule is Oc1ccc2ccccc2c1C=NNc1nc(Cl)c(Cl)cc1Cl. The predicted octanol–water partition coefficient (Wildman–Crippen LogP) is 5.35. The second-order valence-electron chi connectivity index (χ2n) is 4.68. The molecule has 0 aliphatic heterocycles. The van der Waals surface area contributed by atoms with Crippen LogP contribution >= 0.6 is 34.8 Å². The maximum Gasteiger partial charge on any atom is 0.166 e. The highest BCUT2D eigenvalue weighted by Crippen LogP contribution is 2.29. The van der Waals surface area contributed by atoms with E-state index in [1.54, 1.807) is 6.07 Å². The van der Waals surface area contributed by atoms with Crippen LogP contribution in [0.2, 0.25) is 15.2 Å². The van der Waals surface area contributed by atoms with Crippen LogP contribution in [0.25, 0.3) is 10.8 Å². The zero-order valence-corrected chi connectivity index (χ0v) is 13.9. The molecule has 0 aliphatic carbocycles. The van der Waals surface area contributed by atoms with Crippen molar-refractivity contribution in [2.24, 2.45) is 5.10 Å². The van der Waals surface area contributed by atoms with Crippen LogP contribution in [-0.2, 0) is 0 Å². The van der Waals surface area contributed by atoms with Gasteiger partial charge in [-0.05, 0) is 22.9 Å². The number of fused-ring (bicyclic) bond motifs is 1. The Morgan fingerprint density at radius 1 is 1.04 bits per heavy atom. The normalized spacial score (nSPS) is 11.3. The van der Waals surface area contributed by atoms with Gasteiger partial charge in [-0.15, -0.1) is 0 Å². The number of halogens is 3. The number of rotatable bonds is 3. The molecule has 0 saturated carbocycles. The zero-order valence-electron chi connectivity index (χ0n) is 11.6. The van der Waals surface area contributed by atoms with Gasteiger partial charge in [-0.25, -0.2) is 4.98 Å². The monoisotopic (exact) mass is 365 g/mol. The molecule has 0 saturated heterocycles. The largest absolute Gasteiger partial charge is 0.507 e. The average Bonchev–Trinajstić information content (AvgIpc) is 2.54. The van der Waals surface area contributed by atoms with Crippen molar-refractivity contribution in [3.8, 4) is 5.75 Å². The minimum Gasteiger partial charge on any atom is -0.507 e. The van der Waals surface area contributed by atoms with Gasteiger partial charge in [-0.2, -0.15) is 5.10 Å². The third-order valence-corrected chi connectivity index (χ3v) is 4.16. The van der Waals surface area contributed by atoms with Crippen LogP contribution in [0.15, 0.2) is 47.6 Å². The Balaban J connectivity index is 1.92. The van der Waals surface area contributed by atoms with Gasteiger partial charge < -0.3 is 5.11 Å². The van der Waals surface area contributed by atoms with E-state index >= 15 is 0 Å². The summed E-state index contributed by atoms with van der Waals surface area (Å²) in [5.74, 6) is 0.402. The van der Waals surface area contributed by atoms with E-state index in [4.69, 9.17) is 34.8 Å².